The average Bonchev–Trinajstić information content (AvgIpc) is 2.27. The summed E-state index contributed by atoms with van der Waals surface area (Å²) in [6.07, 6.45) is 5.53. The van der Waals surface area contributed by atoms with E-state index >= 15 is 0 Å². The van der Waals surface area contributed by atoms with Gasteiger partial charge < -0.3 is 9.47 Å². The van der Waals surface area contributed by atoms with Crippen LogP contribution in [-0.4, -0.2) is 19.2 Å². The highest BCUT2D eigenvalue weighted by Gasteiger charge is 2.19. The highest BCUT2D eigenvalue weighted by atomic mass is 16.6. The standard InChI is InChI=1S/C12H20O3/c1-3-14-11(12(13)15-4-2)10-8-6-5-7-9-10/h3-9H2,1-2H3. The highest BCUT2D eigenvalue weighted by molar-refractivity contribution is 5.87. The third-order valence-corrected chi connectivity index (χ3v) is 2.53. The summed E-state index contributed by atoms with van der Waals surface area (Å²) < 4.78 is 10.4. The molecule has 1 aliphatic rings. The Morgan fingerprint density at radius 3 is 2.20 bits per heavy atom. The number of ether oxygens (including phenoxy) is 2. The third kappa shape index (κ3) is 3.57. The van der Waals surface area contributed by atoms with E-state index in [2.05, 4.69) is 0 Å². The summed E-state index contributed by atoms with van der Waals surface area (Å²) >= 11 is 0. The lowest BCUT2D eigenvalue weighted by molar-refractivity contribution is -0.142. The first-order valence-electron chi connectivity index (χ1n) is 5.81. The molecular weight excluding hydrogens is 192 g/mol. The first-order chi connectivity index (χ1) is 7.29. The van der Waals surface area contributed by atoms with Crippen molar-refractivity contribution in [2.24, 2.45) is 0 Å². The molecule has 0 N–H and O–H groups in total. The zero-order valence-corrected chi connectivity index (χ0v) is 9.67. The van der Waals surface area contributed by atoms with Gasteiger partial charge in [0.1, 0.15) is 0 Å². The number of esters is 1. The van der Waals surface area contributed by atoms with E-state index in [0.29, 0.717) is 19.0 Å². The fourth-order valence-electron chi connectivity index (χ4n) is 1.85. The van der Waals surface area contributed by atoms with E-state index in [0.717, 1.165) is 31.3 Å². The average molecular weight is 212 g/mol. The Labute approximate surface area is 91.4 Å². The van der Waals surface area contributed by atoms with Crippen LogP contribution >= 0.6 is 0 Å². The van der Waals surface area contributed by atoms with Gasteiger partial charge in [-0.2, -0.15) is 0 Å². The SMILES string of the molecule is CCOC(=O)C(OCC)=C1CCCCC1. The maximum absolute atomic E-state index is 11.6. The lowest BCUT2D eigenvalue weighted by atomic mass is 9.94. The van der Waals surface area contributed by atoms with Crippen LogP contribution in [0, 0.1) is 0 Å². The number of carbonyl (C=O) groups is 1. The van der Waals surface area contributed by atoms with Crippen LogP contribution < -0.4 is 0 Å². The van der Waals surface area contributed by atoms with Crippen molar-refractivity contribution < 1.29 is 14.3 Å². The summed E-state index contributed by atoms with van der Waals surface area (Å²) in [4.78, 5) is 11.6. The number of carbonyl (C=O) groups excluding carboxylic acids is 1. The molecule has 3 heteroatoms. The fourth-order valence-corrected chi connectivity index (χ4v) is 1.85. The molecular formula is C12H20O3. The lowest BCUT2D eigenvalue weighted by Gasteiger charge is -2.18. The molecule has 0 aromatic heterocycles. The first-order valence-corrected chi connectivity index (χ1v) is 5.81. The van der Waals surface area contributed by atoms with Crippen LogP contribution in [0.2, 0.25) is 0 Å². The van der Waals surface area contributed by atoms with Crippen LogP contribution in [0.25, 0.3) is 0 Å². The zero-order valence-electron chi connectivity index (χ0n) is 9.67. The Morgan fingerprint density at radius 2 is 1.67 bits per heavy atom. The monoisotopic (exact) mass is 212 g/mol. The van der Waals surface area contributed by atoms with Gasteiger partial charge in [0.15, 0.2) is 0 Å². The molecule has 3 nitrogen and oxygen atoms in total. The molecule has 0 aromatic rings. The summed E-state index contributed by atoms with van der Waals surface area (Å²) in [6, 6.07) is 0. The second kappa shape index (κ2) is 6.49. The van der Waals surface area contributed by atoms with Gasteiger partial charge in [-0.15, -0.1) is 0 Å². The largest absolute Gasteiger partial charge is 0.487 e. The van der Waals surface area contributed by atoms with E-state index in [9.17, 15) is 4.79 Å². The Morgan fingerprint density at radius 1 is 1.07 bits per heavy atom. The molecule has 1 fully saturated rings. The molecule has 1 rings (SSSR count). The van der Waals surface area contributed by atoms with Crippen molar-refractivity contribution in [3.05, 3.63) is 11.3 Å². The normalized spacial score (nSPS) is 16.0. The van der Waals surface area contributed by atoms with Gasteiger partial charge in [0, 0.05) is 0 Å². The molecule has 86 valence electrons. The summed E-state index contributed by atoms with van der Waals surface area (Å²) in [6.45, 7) is 4.63. The van der Waals surface area contributed by atoms with Crippen LogP contribution in [0.15, 0.2) is 11.3 Å². The van der Waals surface area contributed by atoms with Gasteiger partial charge in [-0.05, 0) is 45.1 Å². The number of hydrogen-bond donors (Lipinski definition) is 0. The molecule has 0 unspecified atom stereocenters. The van der Waals surface area contributed by atoms with Crippen LogP contribution in [0.1, 0.15) is 46.0 Å². The summed E-state index contributed by atoms with van der Waals surface area (Å²) in [5.74, 6) is 0.176. The van der Waals surface area contributed by atoms with Crippen molar-refractivity contribution >= 4 is 5.97 Å². The number of hydrogen-bond acceptors (Lipinski definition) is 3. The van der Waals surface area contributed by atoms with Crippen molar-refractivity contribution in [1.29, 1.82) is 0 Å². The number of rotatable bonds is 4. The molecule has 0 aromatic carbocycles. The van der Waals surface area contributed by atoms with Crippen molar-refractivity contribution in [1.82, 2.24) is 0 Å². The number of allylic oxidation sites excluding steroid dienone is 1. The predicted molar refractivity (Wildman–Crippen MR) is 58.4 cm³/mol. The molecule has 0 atom stereocenters. The molecule has 0 amide bonds. The van der Waals surface area contributed by atoms with Crippen LogP contribution in [-0.2, 0) is 14.3 Å². The van der Waals surface area contributed by atoms with E-state index in [1.54, 1.807) is 0 Å². The minimum absolute atomic E-state index is 0.295. The Kier molecular flexibility index (Phi) is 5.22. The van der Waals surface area contributed by atoms with Crippen molar-refractivity contribution in [2.45, 2.75) is 46.0 Å². The molecule has 15 heavy (non-hydrogen) atoms. The van der Waals surface area contributed by atoms with Gasteiger partial charge in [0.25, 0.3) is 0 Å². The topological polar surface area (TPSA) is 35.5 Å². The Balaban J connectivity index is 2.73. The van der Waals surface area contributed by atoms with E-state index in [-0.39, 0.29) is 5.97 Å². The van der Waals surface area contributed by atoms with Crippen LogP contribution in [0.3, 0.4) is 0 Å². The molecule has 1 aliphatic carbocycles. The van der Waals surface area contributed by atoms with Gasteiger partial charge in [0.2, 0.25) is 5.76 Å². The first kappa shape index (κ1) is 12.1. The van der Waals surface area contributed by atoms with Crippen molar-refractivity contribution in [3.63, 3.8) is 0 Å². The van der Waals surface area contributed by atoms with Gasteiger partial charge >= 0.3 is 5.97 Å². The minimum Gasteiger partial charge on any atom is -0.487 e. The van der Waals surface area contributed by atoms with Crippen molar-refractivity contribution in [2.75, 3.05) is 13.2 Å². The fraction of sp³-hybridized carbons (Fsp3) is 0.750. The summed E-state index contributed by atoms with van der Waals surface area (Å²) in [7, 11) is 0. The smallest absolute Gasteiger partial charge is 0.373 e. The van der Waals surface area contributed by atoms with Crippen LogP contribution in [0.4, 0.5) is 0 Å². The predicted octanol–water partition coefficient (Wildman–Crippen LogP) is 2.80. The van der Waals surface area contributed by atoms with E-state index in [4.69, 9.17) is 9.47 Å². The summed E-state index contributed by atoms with van der Waals surface area (Å²) in [5.41, 5.74) is 1.14. The molecule has 0 heterocycles. The molecule has 0 saturated heterocycles. The molecule has 1 saturated carbocycles. The third-order valence-electron chi connectivity index (χ3n) is 2.53. The second-order valence-corrected chi connectivity index (χ2v) is 3.65. The highest BCUT2D eigenvalue weighted by Crippen LogP contribution is 2.26. The molecule has 0 radical (unpaired) electrons. The van der Waals surface area contributed by atoms with Crippen LogP contribution in [0.5, 0.6) is 0 Å². The van der Waals surface area contributed by atoms with E-state index in [1.807, 2.05) is 13.8 Å². The Hall–Kier alpha value is -0.990. The summed E-state index contributed by atoms with van der Waals surface area (Å²) in [5, 5.41) is 0. The molecule has 0 aliphatic heterocycles. The molecule has 0 bridgehead atoms. The van der Waals surface area contributed by atoms with Gasteiger partial charge in [-0.25, -0.2) is 4.79 Å². The lowest BCUT2D eigenvalue weighted by Crippen LogP contribution is -2.14. The quantitative estimate of drug-likeness (QED) is 0.408. The minimum atomic E-state index is -0.295. The maximum atomic E-state index is 11.6. The van der Waals surface area contributed by atoms with Gasteiger partial charge in [0.05, 0.1) is 13.2 Å². The maximum Gasteiger partial charge on any atom is 0.373 e. The van der Waals surface area contributed by atoms with Gasteiger partial charge in [-0.1, -0.05) is 6.42 Å². The van der Waals surface area contributed by atoms with Crippen molar-refractivity contribution in [3.8, 4) is 0 Å². The second-order valence-electron chi connectivity index (χ2n) is 3.65. The zero-order chi connectivity index (χ0) is 11.1. The van der Waals surface area contributed by atoms with E-state index in [1.165, 1.54) is 6.42 Å². The Bertz CT molecular complexity index is 235. The molecule has 0 spiro atoms. The van der Waals surface area contributed by atoms with E-state index < -0.39 is 0 Å². The van der Waals surface area contributed by atoms with Gasteiger partial charge in [-0.3, -0.25) is 0 Å².